The fourth-order valence-electron chi connectivity index (χ4n) is 5.07. The molecule has 5 rings (SSSR count). The largest absolute Gasteiger partial charge is 0.508 e. The first-order valence-corrected chi connectivity index (χ1v) is 13.6. The second-order valence-electron chi connectivity index (χ2n) is 10.1. The van der Waals surface area contributed by atoms with Crippen molar-refractivity contribution in [1.29, 1.82) is 0 Å². The molecule has 0 bridgehead atoms. The van der Waals surface area contributed by atoms with Gasteiger partial charge >= 0.3 is 0 Å². The van der Waals surface area contributed by atoms with Crippen LogP contribution in [0.5, 0.6) is 11.5 Å². The molecule has 1 aliphatic carbocycles. The smallest absolute Gasteiger partial charge is 0.119 e. The van der Waals surface area contributed by atoms with E-state index in [1.807, 2.05) is 25.1 Å². The molecule has 0 radical (unpaired) electrons. The number of likely N-dealkylation sites (tertiary alicyclic amines) is 1. The number of ether oxygens (including phenoxy) is 1. The van der Waals surface area contributed by atoms with Crippen molar-refractivity contribution >= 4 is 23.5 Å². The highest BCUT2D eigenvalue weighted by Crippen LogP contribution is 2.30. The summed E-state index contributed by atoms with van der Waals surface area (Å²) in [5.41, 5.74) is 2.79. The zero-order valence-corrected chi connectivity index (χ0v) is 21.3. The van der Waals surface area contributed by atoms with Crippen molar-refractivity contribution in [3.05, 3.63) is 69.4 Å². The Kier molecular flexibility index (Phi) is 7.28. The highest BCUT2D eigenvalue weighted by atomic mass is 32.1. The average Bonchev–Trinajstić information content (AvgIpc) is 3.20. The quantitative estimate of drug-likeness (QED) is 0.451. The molecule has 0 amide bonds. The predicted octanol–water partition coefficient (Wildman–Crippen LogP) is 4.68. The van der Waals surface area contributed by atoms with Gasteiger partial charge in [0, 0.05) is 16.0 Å². The number of hydrogen-bond donors (Lipinski definition) is 2. The number of benzene rings is 2. The van der Waals surface area contributed by atoms with Crippen LogP contribution in [0.4, 0.5) is 0 Å². The van der Waals surface area contributed by atoms with Crippen LogP contribution in [0, 0.1) is 0 Å². The van der Waals surface area contributed by atoms with Crippen LogP contribution in [0.3, 0.4) is 0 Å². The Hall–Kier alpha value is -2.60. The minimum absolute atomic E-state index is 0.268. The SMILES string of the molecule is CC1(O)C=c2sc(-c3ccc(O)cc3)c(Cc3ccc(OCCCN4CCCCC4)cc3)c2=CC1. The first-order valence-electron chi connectivity index (χ1n) is 12.8. The number of fused-ring (bicyclic) bond motifs is 1. The lowest BCUT2D eigenvalue weighted by Crippen LogP contribution is -2.34. The van der Waals surface area contributed by atoms with Crippen molar-refractivity contribution in [2.45, 2.75) is 51.0 Å². The molecular formula is C30H35NO3S. The summed E-state index contributed by atoms with van der Waals surface area (Å²) in [4.78, 5) is 3.75. The first kappa shape index (κ1) is 24.1. The summed E-state index contributed by atoms with van der Waals surface area (Å²) in [7, 11) is 0. The summed E-state index contributed by atoms with van der Waals surface area (Å²) in [5, 5.41) is 21.6. The molecule has 35 heavy (non-hydrogen) atoms. The van der Waals surface area contributed by atoms with Gasteiger partial charge in [-0.1, -0.05) is 24.6 Å². The van der Waals surface area contributed by atoms with Gasteiger partial charge in [0.1, 0.15) is 11.5 Å². The molecule has 1 fully saturated rings. The number of phenols is 1. The number of thiophene rings is 1. The number of rotatable bonds is 8. The number of phenolic OH excluding ortho intramolecular Hbond substituents is 1. The molecule has 1 aromatic heterocycles. The van der Waals surface area contributed by atoms with E-state index < -0.39 is 5.60 Å². The van der Waals surface area contributed by atoms with Crippen LogP contribution >= 0.6 is 11.3 Å². The van der Waals surface area contributed by atoms with E-state index >= 15 is 0 Å². The molecule has 5 heteroatoms. The van der Waals surface area contributed by atoms with Gasteiger partial charge in [-0.15, -0.1) is 11.3 Å². The van der Waals surface area contributed by atoms with Gasteiger partial charge in [-0.05, 0) is 117 Å². The molecule has 0 saturated carbocycles. The van der Waals surface area contributed by atoms with Crippen molar-refractivity contribution in [2.24, 2.45) is 0 Å². The van der Waals surface area contributed by atoms with Gasteiger partial charge in [-0.25, -0.2) is 0 Å². The monoisotopic (exact) mass is 489 g/mol. The minimum Gasteiger partial charge on any atom is -0.508 e. The average molecular weight is 490 g/mol. The number of aromatic hydroxyl groups is 1. The molecule has 1 unspecified atom stereocenters. The summed E-state index contributed by atoms with van der Waals surface area (Å²) < 4.78 is 7.14. The van der Waals surface area contributed by atoms with Crippen molar-refractivity contribution in [3.8, 4) is 21.9 Å². The molecule has 2 heterocycles. The van der Waals surface area contributed by atoms with Crippen molar-refractivity contribution in [1.82, 2.24) is 4.90 Å². The molecule has 0 spiro atoms. The van der Waals surface area contributed by atoms with Crippen LogP contribution in [0.15, 0.2) is 48.5 Å². The van der Waals surface area contributed by atoms with Gasteiger partial charge in [-0.3, -0.25) is 0 Å². The molecule has 1 atom stereocenters. The Labute approximate surface area is 211 Å². The van der Waals surface area contributed by atoms with Crippen LogP contribution in [0.2, 0.25) is 0 Å². The van der Waals surface area contributed by atoms with E-state index in [9.17, 15) is 10.2 Å². The van der Waals surface area contributed by atoms with Crippen molar-refractivity contribution in [3.63, 3.8) is 0 Å². The number of nitrogens with zero attached hydrogens (tertiary/aromatic N) is 1. The highest BCUT2D eigenvalue weighted by molar-refractivity contribution is 7.13. The molecule has 2 N–H and O–H groups in total. The second-order valence-corrected chi connectivity index (χ2v) is 11.1. The van der Waals surface area contributed by atoms with E-state index in [-0.39, 0.29) is 5.75 Å². The third kappa shape index (κ3) is 5.97. The summed E-state index contributed by atoms with van der Waals surface area (Å²) in [6, 6.07) is 15.9. The number of hydrogen-bond acceptors (Lipinski definition) is 5. The molecule has 2 aromatic carbocycles. The van der Waals surface area contributed by atoms with Crippen LogP contribution in [0.1, 0.15) is 50.2 Å². The fraction of sp³-hybridized carbons (Fsp3) is 0.400. The van der Waals surface area contributed by atoms with E-state index in [4.69, 9.17) is 4.74 Å². The summed E-state index contributed by atoms with van der Waals surface area (Å²) in [6.07, 6.45) is 10.7. The topological polar surface area (TPSA) is 52.9 Å². The van der Waals surface area contributed by atoms with Crippen molar-refractivity contribution < 1.29 is 14.9 Å². The number of aliphatic hydroxyl groups is 1. The molecular weight excluding hydrogens is 454 g/mol. The van der Waals surface area contributed by atoms with Crippen LogP contribution in [-0.4, -0.2) is 47.0 Å². The third-order valence-electron chi connectivity index (χ3n) is 7.01. The Morgan fingerprint density at radius 2 is 1.74 bits per heavy atom. The van der Waals surface area contributed by atoms with E-state index in [2.05, 4.69) is 35.2 Å². The van der Waals surface area contributed by atoms with E-state index in [1.165, 1.54) is 53.6 Å². The summed E-state index contributed by atoms with van der Waals surface area (Å²) >= 11 is 1.71. The summed E-state index contributed by atoms with van der Waals surface area (Å²) in [6.45, 7) is 6.21. The Morgan fingerprint density at radius 1 is 1.00 bits per heavy atom. The standard InChI is InChI=1S/C30H35NO3S/c1-30(33)15-14-26-27(29(35-28(26)21-30)23-8-10-24(32)11-9-23)20-22-6-12-25(13-7-22)34-19-5-18-31-16-3-2-4-17-31/h6-14,21,32-33H,2-5,15-20H2,1H3. The van der Waals surface area contributed by atoms with Gasteiger partial charge in [0.25, 0.3) is 0 Å². The van der Waals surface area contributed by atoms with E-state index in [0.29, 0.717) is 6.42 Å². The van der Waals surface area contributed by atoms with Crippen LogP contribution < -0.4 is 14.5 Å². The van der Waals surface area contributed by atoms with E-state index in [1.54, 1.807) is 23.5 Å². The van der Waals surface area contributed by atoms with E-state index in [0.717, 1.165) is 41.8 Å². The third-order valence-corrected chi connectivity index (χ3v) is 8.25. The lowest BCUT2D eigenvalue weighted by Gasteiger charge is -2.26. The number of piperidine rings is 1. The Morgan fingerprint density at radius 3 is 2.49 bits per heavy atom. The molecule has 1 saturated heterocycles. The van der Waals surface area contributed by atoms with Gasteiger partial charge in [0.2, 0.25) is 0 Å². The van der Waals surface area contributed by atoms with Crippen LogP contribution in [-0.2, 0) is 6.42 Å². The normalized spacial score (nSPS) is 20.1. The van der Waals surface area contributed by atoms with Crippen molar-refractivity contribution in [2.75, 3.05) is 26.2 Å². The Balaban J connectivity index is 1.30. The maximum Gasteiger partial charge on any atom is 0.119 e. The zero-order valence-electron chi connectivity index (χ0n) is 20.5. The van der Waals surface area contributed by atoms with Gasteiger partial charge < -0.3 is 19.8 Å². The van der Waals surface area contributed by atoms with Gasteiger partial charge in [0.15, 0.2) is 0 Å². The molecule has 1 aliphatic heterocycles. The maximum atomic E-state index is 10.6. The van der Waals surface area contributed by atoms with Crippen LogP contribution in [0.25, 0.3) is 22.6 Å². The molecule has 3 aromatic rings. The Bertz CT molecular complexity index is 1250. The molecule has 4 nitrogen and oxygen atoms in total. The highest BCUT2D eigenvalue weighted by Gasteiger charge is 2.22. The first-order chi connectivity index (χ1) is 17.0. The van der Waals surface area contributed by atoms with Gasteiger partial charge in [-0.2, -0.15) is 0 Å². The van der Waals surface area contributed by atoms with Gasteiger partial charge in [0.05, 0.1) is 12.2 Å². The fourth-order valence-corrected chi connectivity index (χ4v) is 6.48. The summed E-state index contributed by atoms with van der Waals surface area (Å²) in [5.74, 6) is 1.19. The second kappa shape index (κ2) is 10.6. The minimum atomic E-state index is -0.811. The predicted molar refractivity (Wildman–Crippen MR) is 144 cm³/mol. The maximum absolute atomic E-state index is 10.6. The molecule has 2 aliphatic rings. The molecule has 184 valence electrons. The lowest BCUT2D eigenvalue weighted by molar-refractivity contribution is 0.135. The zero-order chi connectivity index (χ0) is 24.3. The lowest BCUT2D eigenvalue weighted by atomic mass is 9.94.